The van der Waals surface area contributed by atoms with Gasteiger partial charge in [-0.3, -0.25) is 9.58 Å². The summed E-state index contributed by atoms with van der Waals surface area (Å²) in [5.74, 6) is 1.40. The number of hydrogen-bond acceptors (Lipinski definition) is 5. The van der Waals surface area contributed by atoms with Crippen LogP contribution in [0.15, 0.2) is 41.4 Å². The van der Waals surface area contributed by atoms with E-state index >= 15 is 0 Å². The molecule has 0 bridgehead atoms. The van der Waals surface area contributed by atoms with Crippen LogP contribution in [0.25, 0.3) is 11.6 Å². The molecule has 0 fully saturated rings. The van der Waals surface area contributed by atoms with Gasteiger partial charge in [0, 0.05) is 55.6 Å². The summed E-state index contributed by atoms with van der Waals surface area (Å²) in [4.78, 5) is 11.5. The number of rotatable bonds is 4. The maximum atomic E-state index is 5.39. The normalized spacial score (nSPS) is 15.0. The molecular weight excluding hydrogens is 302 g/mol. The monoisotopic (exact) mass is 323 g/mol. The molecule has 4 heterocycles. The van der Waals surface area contributed by atoms with E-state index in [4.69, 9.17) is 4.42 Å². The summed E-state index contributed by atoms with van der Waals surface area (Å²) in [5, 5.41) is 4.42. The Morgan fingerprint density at radius 1 is 1.29 bits per heavy atom. The molecule has 1 aliphatic heterocycles. The molecule has 0 saturated carbocycles. The minimum atomic E-state index is 0.397. The van der Waals surface area contributed by atoms with E-state index in [1.165, 1.54) is 11.1 Å². The van der Waals surface area contributed by atoms with E-state index in [1.807, 2.05) is 29.2 Å². The maximum absolute atomic E-state index is 5.39. The maximum Gasteiger partial charge on any atom is 0.195 e. The third kappa shape index (κ3) is 2.97. The molecule has 0 atom stereocenters. The molecule has 6 nitrogen and oxygen atoms in total. The van der Waals surface area contributed by atoms with Crippen LogP contribution in [0, 0.1) is 0 Å². The summed E-state index contributed by atoms with van der Waals surface area (Å²) >= 11 is 0. The van der Waals surface area contributed by atoms with Crippen molar-refractivity contribution in [2.75, 3.05) is 6.54 Å². The molecule has 0 amide bonds. The molecule has 24 heavy (non-hydrogen) atoms. The van der Waals surface area contributed by atoms with Crippen LogP contribution >= 0.6 is 0 Å². The molecule has 124 valence electrons. The van der Waals surface area contributed by atoms with Crippen molar-refractivity contribution >= 4 is 0 Å². The predicted octanol–water partition coefficient (Wildman–Crippen LogP) is 3.07. The Hall–Kier alpha value is -2.47. The van der Waals surface area contributed by atoms with E-state index in [0.717, 1.165) is 37.5 Å². The smallest absolute Gasteiger partial charge is 0.195 e. The number of aromatic nitrogens is 4. The van der Waals surface area contributed by atoms with Crippen molar-refractivity contribution < 1.29 is 4.42 Å². The standard InChI is InChI=1S/C18H21N5O/c1-13(2)23-11-14(8-20-23)10-22-6-5-16-15(12-22)9-19-18(21-16)17-4-3-7-24-17/h3-4,7-9,11,13H,5-6,10,12H2,1-2H3. The first kappa shape index (κ1) is 15.1. The van der Waals surface area contributed by atoms with Gasteiger partial charge in [0.15, 0.2) is 11.6 Å². The largest absolute Gasteiger partial charge is 0.461 e. The lowest BCUT2D eigenvalue weighted by atomic mass is 10.1. The molecular formula is C18H21N5O. The fourth-order valence-corrected chi connectivity index (χ4v) is 3.03. The third-order valence-corrected chi connectivity index (χ3v) is 4.34. The van der Waals surface area contributed by atoms with Crippen LogP contribution in [-0.4, -0.2) is 31.2 Å². The predicted molar refractivity (Wildman–Crippen MR) is 90.2 cm³/mol. The Labute approximate surface area is 141 Å². The van der Waals surface area contributed by atoms with Crippen LogP contribution in [-0.2, 0) is 19.5 Å². The Kier molecular flexibility index (Phi) is 3.90. The van der Waals surface area contributed by atoms with Gasteiger partial charge in [0.1, 0.15) is 0 Å². The first-order valence-corrected chi connectivity index (χ1v) is 8.33. The SMILES string of the molecule is CC(C)n1cc(CN2CCc3nc(-c4ccco4)ncc3C2)cn1. The lowest BCUT2D eigenvalue weighted by Crippen LogP contribution is -2.30. The molecule has 6 heteroatoms. The van der Waals surface area contributed by atoms with Gasteiger partial charge in [0.2, 0.25) is 0 Å². The quantitative estimate of drug-likeness (QED) is 0.738. The second-order valence-corrected chi connectivity index (χ2v) is 6.53. The third-order valence-electron chi connectivity index (χ3n) is 4.34. The Bertz CT molecular complexity index is 822. The number of furan rings is 1. The summed E-state index contributed by atoms with van der Waals surface area (Å²) in [6.07, 6.45) is 8.62. The van der Waals surface area contributed by atoms with Crippen LogP contribution in [0.5, 0.6) is 0 Å². The number of hydrogen-bond donors (Lipinski definition) is 0. The van der Waals surface area contributed by atoms with Crippen molar-refractivity contribution in [3.05, 3.63) is 53.8 Å². The first-order chi connectivity index (χ1) is 11.7. The van der Waals surface area contributed by atoms with E-state index in [1.54, 1.807) is 6.26 Å². The van der Waals surface area contributed by atoms with Gasteiger partial charge >= 0.3 is 0 Å². The zero-order chi connectivity index (χ0) is 16.5. The second-order valence-electron chi connectivity index (χ2n) is 6.53. The molecule has 0 aliphatic carbocycles. The summed E-state index contributed by atoms with van der Waals surface area (Å²) < 4.78 is 7.39. The van der Waals surface area contributed by atoms with Crippen LogP contribution in [0.2, 0.25) is 0 Å². The van der Waals surface area contributed by atoms with Gasteiger partial charge < -0.3 is 4.42 Å². The highest BCUT2D eigenvalue weighted by Gasteiger charge is 2.20. The molecule has 0 aromatic carbocycles. The topological polar surface area (TPSA) is 60.0 Å². The average Bonchev–Trinajstić information content (AvgIpc) is 3.26. The van der Waals surface area contributed by atoms with Crippen molar-refractivity contribution in [1.82, 2.24) is 24.6 Å². The van der Waals surface area contributed by atoms with Gasteiger partial charge in [-0.1, -0.05) is 0 Å². The van der Waals surface area contributed by atoms with Crippen molar-refractivity contribution in [3.63, 3.8) is 0 Å². The van der Waals surface area contributed by atoms with Gasteiger partial charge in [-0.2, -0.15) is 5.10 Å². The number of fused-ring (bicyclic) bond motifs is 1. The molecule has 0 spiro atoms. The minimum Gasteiger partial charge on any atom is -0.461 e. The van der Waals surface area contributed by atoms with Crippen molar-refractivity contribution in [1.29, 1.82) is 0 Å². The molecule has 3 aromatic heterocycles. The van der Waals surface area contributed by atoms with E-state index in [9.17, 15) is 0 Å². The summed E-state index contributed by atoms with van der Waals surface area (Å²) in [7, 11) is 0. The van der Waals surface area contributed by atoms with Gasteiger partial charge in [-0.05, 0) is 26.0 Å². The van der Waals surface area contributed by atoms with Crippen molar-refractivity contribution in [2.45, 2.75) is 39.4 Å². The Morgan fingerprint density at radius 2 is 2.21 bits per heavy atom. The molecule has 0 unspecified atom stereocenters. The highest BCUT2D eigenvalue weighted by Crippen LogP contribution is 2.22. The zero-order valence-electron chi connectivity index (χ0n) is 14.0. The van der Waals surface area contributed by atoms with Crippen molar-refractivity contribution in [3.8, 4) is 11.6 Å². The fraction of sp³-hybridized carbons (Fsp3) is 0.389. The molecule has 0 radical (unpaired) electrons. The van der Waals surface area contributed by atoms with E-state index < -0.39 is 0 Å². The molecule has 1 aliphatic rings. The second kappa shape index (κ2) is 6.20. The van der Waals surface area contributed by atoms with Crippen LogP contribution < -0.4 is 0 Å². The van der Waals surface area contributed by atoms with Crippen molar-refractivity contribution in [2.24, 2.45) is 0 Å². The lowest BCUT2D eigenvalue weighted by molar-refractivity contribution is 0.243. The summed E-state index contributed by atoms with van der Waals surface area (Å²) in [5.41, 5.74) is 3.58. The summed E-state index contributed by atoms with van der Waals surface area (Å²) in [6, 6.07) is 4.15. The van der Waals surface area contributed by atoms with Crippen LogP contribution in [0.3, 0.4) is 0 Å². The highest BCUT2D eigenvalue weighted by atomic mass is 16.3. The Balaban J connectivity index is 1.47. The fourth-order valence-electron chi connectivity index (χ4n) is 3.03. The highest BCUT2D eigenvalue weighted by molar-refractivity contribution is 5.46. The van der Waals surface area contributed by atoms with E-state index in [2.05, 4.69) is 40.0 Å². The van der Waals surface area contributed by atoms with E-state index in [0.29, 0.717) is 11.9 Å². The van der Waals surface area contributed by atoms with Crippen LogP contribution in [0.4, 0.5) is 0 Å². The van der Waals surface area contributed by atoms with Gasteiger partial charge in [0.25, 0.3) is 0 Å². The van der Waals surface area contributed by atoms with Gasteiger partial charge in [-0.15, -0.1) is 0 Å². The first-order valence-electron chi connectivity index (χ1n) is 8.33. The molecule has 4 rings (SSSR count). The Morgan fingerprint density at radius 3 is 2.96 bits per heavy atom. The van der Waals surface area contributed by atoms with Crippen LogP contribution in [0.1, 0.15) is 36.7 Å². The molecule has 0 saturated heterocycles. The lowest BCUT2D eigenvalue weighted by Gasteiger charge is -2.27. The summed E-state index contributed by atoms with van der Waals surface area (Å²) in [6.45, 7) is 7.06. The molecule has 3 aromatic rings. The van der Waals surface area contributed by atoms with Gasteiger partial charge in [-0.25, -0.2) is 9.97 Å². The zero-order valence-corrected chi connectivity index (χ0v) is 14.0. The van der Waals surface area contributed by atoms with E-state index in [-0.39, 0.29) is 0 Å². The average molecular weight is 323 g/mol. The number of nitrogens with zero attached hydrogens (tertiary/aromatic N) is 5. The molecule has 0 N–H and O–H groups in total. The minimum absolute atomic E-state index is 0.397. The van der Waals surface area contributed by atoms with Gasteiger partial charge in [0.05, 0.1) is 18.2 Å².